The van der Waals surface area contributed by atoms with Gasteiger partial charge in [0, 0.05) is 6.42 Å². The zero-order valence-electron chi connectivity index (χ0n) is 22.5. The summed E-state index contributed by atoms with van der Waals surface area (Å²) in [5.74, 6) is 1.89. The van der Waals surface area contributed by atoms with Crippen molar-refractivity contribution in [1.82, 2.24) is 0 Å². The van der Waals surface area contributed by atoms with Crippen LogP contribution in [0.25, 0.3) is 0 Å². The number of hydrogen-bond donors (Lipinski definition) is 2. The molecule has 0 aromatic heterocycles. The van der Waals surface area contributed by atoms with Crippen LogP contribution in [0.3, 0.4) is 0 Å². The molecular formula is C27H52N4O. The Morgan fingerprint density at radius 2 is 1.59 bits per heavy atom. The van der Waals surface area contributed by atoms with Gasteiger partial charge in [0.15, 0.2) is 0 Å². The minimum Gasteiger partial charge on any atom is -0.333 e. The van der Waals surface area contributed by atoms with Crippen molar-refractivity contribution in [3.63, 3.8) is 0 Å². The number of aryl methyl sites for hydroxylation is 1. The molecule has 0 aliphatic heterocycles. The van der Waals surface area contributed by atoms with E-state index in [0.717, 1.165) is 30.7 Å². The fraction of sp³-hybridized carbons (Fsp3) is 0.741. The summed E-state index contributed by atoms with van der Waals surface area (Å²) in [6.07, 6.45) is 7.15. The summed E-state index contributed by atoms with van der Waals surface area (Å²) in [5, 5.41) is 11.5. The lowest BCUT2D eigenvalue weighted by molar-refractivity contribution is 0.456. The molecule has 0 saturated heterocycles. The van der Waals surface area contributed by atoms with Crippen LogP contribution in [0, 0.1) is 28.1 Å². The summed E-state index contributed by atoms with van der Waals surface area (Å²) in [7, 11) is 1.50. The van der Waals surface area contributed by atoms with Crippen LogP contribution in [0.5, 0.6) is 0 Å². The Bertz CT molecular complexity index is 608. The van der Waals surface area contributed by atoms with Crippen molar-refractivity contribution >= 4 is 5.69 Å². The van der Waals surface area contributed by atoms with Crippen LogP contribution < -0.4 is 11.5 Å². The SMILES string of the molecule is CC.CC(C)CCC(C)CC#N.CCCC(C)c1cc(CC)c(N=O)cc1CCN.CN. The van der Waals surface area contributed by atoms with Crippen LogP contribution in [0.2, 0.25) is 0 Å². The molecule has 0 spiro atoms. The molecular weight excluding hydrogens is 396 g/mol. The van der Waals surface area contributed by atoms with Gasteiger partial charge in [-0.25, -0.2) is 0 Å². The van der Waals surface area contributed by atoms with Crippen molar-refractivity contribution in [2.45, 2.75) is 106 Å². The van der Waals surface area contributed by atoms with E-state index in [1.54, 1.807) is 0 Å². The van der Waals surface area contributed by atoms with E-state index >= 15 is 0 Å². The molecule has 0 radical (unpaired) electrons. The first-order valence-corrected chi connectivity index (χ1v) is 12.5. The van der Waals surface area contributed by atoms with Gasteiger partial charge in [-0.3, -0.25) is 0 Å². The van der Waals surface area contributed by atoms with E-state index < -0.39 is 0 Å². The minimum atomic E-state index is 0.516. The monoisotopic (exact) mass is 448 g/mol. The summed E-state index contributed by atoms with van der Waals surface area (Å²) < 4.78 is 0. The highest BCUT2D eigenvalue weighted by molar-refractivity contribution is 5.52. The van der Waals surface area contributed by atoms with Gasteiger partial charge < -0.3 is 11.5 Å². The predicted octanol–water partition coefficient (Wildman–Crippen LogP) is 7.63. The first-order chi connectivity index (χ1) is 15.3. The molecule has 1 rings (SSSR count). The second kappa shape index (κ2) is 23.9. The van der Waals surface area contributed by atoms with Crippen molar-refractivity contribution in [3.8, 4) is 6.07 Å². The molecule has 186 valence electrons. The van der Waals surface area contributed by atoms with Gasteiger partial charge in [0.05, 0.1) is 6.07 Å². The van der Waals surface area contributed by atoms with Crippen LogP contribution in [-0.2, 0) is 12.8 Å². The number of rotatable bonds is 11. The highest BCUT2D eigenvalue weighted by atomic mass is 16.3. The molecule has 0 saturated carbocycles. The molecule has 1 aromatic rings. The molecule has 0 heterocycles. The van der Waals surface area contributed by atoms with Crippen molar-refractivity contribution in [2.24, 2.45) is 28.5 Å². The maximum Gasteiger partial charge on any atom is 0.111 e. The maximum absolute atomic E-state index is 10.9. The van der Waals surface area contributed by atoms with Gasteiger partial charge in [0.1, 0.15) is 5.69 Å². The first-order valence-electron chi connectivity index (χ1n) is 12.5. The molecule has 0 bridgehead atoms. The van der Waals surface area contributed by atoms with Crippen LogP contribution in [0.1, 0.15) is 110 Å². The third-order valence-corrected chi connectivity index (χ3v) is 5.16. The molecule has 2 atom stereocenters. The first kappa shape index (κ1) is 34.8. The third kappa shape index (κ3) is 15.9. The molecule has 0 aliphatic carbocycles. The van der Waals surface area contributed by atoms with Gasteiger partial charge in [0.2, 0.25) is 0 Å². The van der Waals surface area contributed by atoms with E-state index in [0.29, 0.717) is 30.5 Å². The second-order valence-corrected chi connectivity index (χ2v) is 8.29. The number of nitrogens with zero attached hydrogens (tertiary/aromatic N) is 2. The topological polar surface area (TPSA) is 105 Å². The molecule has 2 unspecified atom stereocenters. The number of nitroso groups, excluding NO2 is 1. The summed E-state index contributed by atoms with van der Waals surface area (Å²) in [6.45, 7) is 17.7. The Hall–Kier alpha value is -1.77. The van der Waals surface area contributed by atoms with Gasteiger partial charge >= 0.3 is 0 Å². The highest BCUT2D eigenvalue weighted by Gasteiger charge is 2.14. The van der Waals surface area contributed by atoms with Crippen molar-refractivity contribution < 1.29 is 0 Å². The average molecular weight is 449 g/mol. The van der Waals surface area contributed by atoms with Crippen LogP contribution >= 0.6 is 0 Å². The van der Waals surface area contributed by atoms with Crippen molar-refractivity contribution in [2.75, 3.05) is 13.6 Å². The zero-order chi connectivity index (χ0) is 25.5. The lowest BCUT2D eigenvalue weighted by Crippen LogP contribution is -2.08. The Balaban J connectivity index is -0.000000511. The molecule has 0 aliphatic rings. The summed E-state index contributed by atoms with van der Waals surface area (Å²) in [5.41, 5.74) is 14.3. The Morgan fingerprint density at radius 3 is 2.00 bits per heavy atom. The van der Waals surface area contributed by atoms with E-state index in [1.165, 1.54) is 37.4 Å². The Labute approximate surface area is 199 Å². The molecule has 0 amide bonds. The largest absolute Gasteiger partial charge is 0.333 e. The molecule has 32 heavy (non-hydrogen) atoms. The van der Waals surface area contributed by atoms with Crippen LogP contribution in [0.4, 0.5) is 5.69 Å². The van der Waals surface area contributed by atoms with Crippen LogP contribution in [0.15, 0.2) is 17.3 Å². The summed E-state index contributed by atoms with van der Waals surface area (Å²) in [6, 6.07) is 6.28. The molecule has 4 N–H and O–H groups in total. The fourth-order valence-corrected chi connectivity index (χ4v) is 3.36. The van der Waals surface area contributed by atoms with E-state index in [2.05, 4.69) is 64.6 Å². The lowest BCUT2D eigenvalue weighted by atomic mass is 9.88. The van der Waals surface area contributed by atoms with E-state index in [4.69, 9.17) is 11.0 Å². The predicted molar refractivity (Wildman–Crippen MR) is 142 cm³/mol. The average Bonchev–Trinajstić information content (AvgIpc) is 2.81. The fourth-order valence-electron chi connectivity index (χ4n) is 3.36. The van der Waals surface area contributed by atoms with Gasteiger partial charge in [0.25, 0.3) is 0 Å². The lowest BCUT2D eigenvalue weighted by Gasteiger charge is -2.18. The Kier molecular flexibility index (Phi) is 26.0. The second-order valence-electron chi connectivity index (χ2n) is 8.29. The van der Waals surface area contributed by atoms with Gasteiger partial charge in [-0.1, -0.05) is 74.3 Å². The van der Waals surface area contributed by atoms with Gasteiger partial charge in [-0.05, 0) is 85.0 Å². The van der Waals surface area contributed by atoms with E-state index in [-0.39, 0.29) is 0 Å². The normalized spacial score (nSPS) is 11.5. The van der Waals surface area contributed by atoms with Gasteiger partial charge in [-0.15, -0.1) is 4.91 Å². The molecule has 5 nitrogen and oxygen atoms in total. The Morgan fingerprint density at radius 1 is 1.00 bits per heavy atom. The number of nitriles is 1. The van der Waals surface area contributed by atoms with Crippen molar-refractivity contribution in [3.05, 3.63) is 33.7 Å². The number of hydrogen-bond acceptors (Lipinski definition) is 5. The third-order valence-electron chi connectivity index (χ3n) is 5.16. The summed E-state index contributed by atoms with van der Waals surface area (Å²) >= 11 is 0. The maximum atomic E-state index is 10.9. The molecule has 0 fully saturated rings. The zero-order valence-corrected chi connectivity index (χ0v) is 22.5. The smallest absolute Gasteiger partial charge is 0.111 e. The molecule has 1 aromatic carbocycles. The van der Waals surface area contributed by atoms with E-state index in [1.807, 2.05) is 19.9 Å². The highest BCUT2D eigenvalue weighted by Crippen LogP contribution is 2.31. The standard InChI is InChI=1S/C15H24N2O.C9H17N.C2H6.CH5N/c1-4-6-11(3)14-9-12(5-2)15(17-18)10-13(14)7-8-16;1-8(2)4-5-9(3)6-7-10;2*1-2/h9-11H,4-8,16H2,1-3H3;8-9H,4-6H2,1-3H3;1-2H3;2H2,1H3. The van der Waals surface area contributed by atoms with E-state index in [9.17, 15) is 4.91 Å². The number of nitrogens with two attached hydrogens (primary N) is 2. The minimum absolute atomic E-state index is 0.516. The van der Waals surface area contributed by atoms with Gasteiger partial charge in [-0.2, -0.15) is 5.26 Å². The summed E-state index contributed by atoms with van der Waals surface area (Å²) in [4.78, 5) is 10.9. The number of benzene rings is 1. The quantitative estimate of drug-likeness (QED) is 0.339. The van der Waals surface area contributed by atoms with Crippen LogP contribution in [-0.4, -0.2) is 13.6 Å². The molecule has 5 heteroatoms. The van der Waals surface area contributed by atoms with Crippen molar-refractivity contribution in [1.29, 1.82) is 5.26 Å².